The number of carbonyl (C=O) groups is 1. The van der Waals surface area contributed by atoms with Crippen LogP contribution in [0.5, 0.6) is 0 Å². The number of pyridine rings is 1. The van der Waals surface area contributed by atoms with E-state index in [0.717, 1.165) is 31.4 Å². The average molecular weight is 364 g/mol. The zero-order valence-electron chi connectivity index (χ0n) is 14.1. The molecule has 1 saturated carbocycles. The van der Waals surface area contributed by atoms with E-state index >= 15 is 0 Å². The molecular weight excluding hydrogens is 345 g/mol. The highest BCUT2D eigenvalue weighted by molar-refractivity contribution is 5.97. The Labute approximate surface area is 149 Å². The van der Waals surface area contributed by atoms with Crippen molar-refractivity contribution in [1.82, 2.24) is 15.0 Å². The summed E-state index contributed by atoms with van der Waals surface area (Å²) in [6, 6.07) is 2.88. The molecule has 0 atom stereocenters. The van der Waals surface area contributed by atoms with E-state index in [9.17, 15) is 18.0 Å². The summed E-state index contributed by atoms with van der Waals surface area (Å²) in [5.41, 5.74) is 1.22. The summed E-state index contributed by atoms with van der Waals surface area (Å²) in [6.45, 7) is -0.317. The Morgan fingerprint density at radius 3 is 2.46 bits per heavy atom. The monoisotopic (exact) mass is 364 g/mol. The summed E-state index contributed by atoms with van der Waals surface area (Å²) >= 11 is 0. The molecule has 0 spiro atoms. The summed E-state index contributed by atoms with van der Waals surface area (Å²) in [5, 5.41) is 0. The maximum absolute atomic E-state index is 12.9. The van der Waals surface area contributed by atoms with Gasteiger partial charge in [-0.1, -0.05) is 19.3 Å². The van der Waals surface area contributed by atoms with Crippen LogP contribution < -0.4 is 4.90 Å². The lowest BCUT2D eigenvalue weighted by Gasteiger charge is -2.24. The van der Waals surface area contributed by atoms with Gasteiger partial charge in [-0.3, -0.25) is 24.6 Å². The molecule has 0 radical (unpaired) electrons. The van der Waals surface area contributed by atoms with Gasteiger partial charge in [-0.05, 0) is 25.0 Å². The minimum absolute atomic E-state index is 0.0629. The maximum atomic E-state index is 12.9. The van der Waals surface area contributed by atoms with Gasteiger partial charge in [-0.25, -0.2) is 0 Å². The lowest BCUT2D eigenvalue weighted by Crippen LogP contribution is -2.41. The highest BCUT2D eigenvalue weighted by Crippen LogP contribution is 2.31. The molecule has 2 aromatic heterocycles. The molecule has 0 N–H and O–H groups in total. The van der Waals surface area contributed by atoms with Gasteiger partial charge in [0.15, 0.2) is 0 Å². The second-order valence-electron chi connectivity index (χ2n) is 6.37. The van der Waals surface area contributed by atoms with Gasteiger partial charge in [0.05, 0.1) is 36.0 Å². The van der Waals surface area contributed by atoms with E-state index in [2.05, 4.69) is 15.0 Å². The van der Waals surface area contributed by atoms with Crippen molar-refractivity contribution >= 4 is 11.6 Å². The molecule has 26 heavy (non-hydrogen) atoms. The molecule has 138 valence electrons. The number of carbonyl (C=O) groups excluding carboxylic acids is 1. The quantitative estimate of drug-likeness (QED) is 0.822. The Hall–Kier alpha value is -2.51. The van der Waals surface area contributed by atoms with Crippen molar-refractivity contribution in [3.63, 3.8) is 0 Å². The number of anilines is 1. The van der Waals surface area contributed by atoms with E-state index in [1.165, 1.54) is 37.1 Å². The molecule has 1 fully saturated rings. The Morgan fingerprint density at radius 2 is 1.88 bits per heavy atom. The summed E-state index contributed by atoms with van der Waals surface area (Å²) in [6.07, 6.45) is 6.39. The van der Waals surface area contributed by atoms with Crippen molar-refractivity contribution < 1.29 is 18.0 Å². The van der Waals surface area contributed by atoms with E-state index in [4.69, 9.17) is 0 Å². The number of nitrogens with zero attached hydrogens (tertiary/aromatic N) is 4. The third-order valence-electron chi connectivity index (χ3n) is 4.51. The number of hydrogen-bond donors (Lipinski definition) is 0. The fraction of sp³-hybridized carbons (Fsp3) is 0.444. The molecule has 3 rings (SSSR count). The first-order chi connectivity index (χ1) is 12.4. The molecule has 1 aliphatic carbocycles. The molecule has 8 heteroatoms. The van der Waals surface area contributed by atoms with Crippen molar-refractivity contribution in [2.75, 3.05) is 4.90 Å². The first kappa shape index (κ1) is 18.3. The summed E-state index contributed by atoms with van der Waals surface area (Å²) in [7, 11) is 0. The van der Waals surface area contributed by atoms with Crippen LogP contribution in [0.1, 0.15) is 49.4 Å². The number of amides is 1. The van der Waals surface area contributed by atoms with E-state index in [-0.39, 0.29) is 12.2 Å². The van der Waals surface area contributed by atoms with Crippen LogP contribution in [0.15, 0.2) is 36.9 Å². The summed E-state index contributed by atoms with van der Waals surface area (Å²) in [4.78, 5) is 24.8. The Morgan fingerprint density at radius 1 is 1.12 bits per heavy atom. The standard InChI is InChI=1S/C18H19F3N4O/c19-18(20,21)17(26)25(15-7-4-8-22-10-15)12-14-9-24-16(11-23-14)13-5-2-1-3-6-13/h4,7-11,13H,1-3,5-6,12H2. The van der Waals surface area contributed by atoms with Gasteiger partial charge < -0.3 is 0 Å². The molecule has 0 saturated heterocycles. The van der Waals surface area contributed by atoms with Crippen molar-refractivity contribution in [3.8, 4) is 0 Å². The topological polar surface area (TPSA) is 59.0 Å². The van der Waals surface area contributed by atoms with Gasteiger partial charge in [0, 0.05) is 18.3 Å². The van der Waals surface area contributed by atoms with Crippen molar-refractivity contribution in [2.24, 2.45) is 0 Å². The molecule has 0 unspecified atom stereocenters. The zero-order chi connectivity index (χ0) is 18.6. The average Bonchev–Trinajstić information content (AvgIpc) is 2.67. The summed E-state index contributed by atoms with van der Waals surface area (Å²) < 4.78 is 38.8. The molecule has 0 bridgehead atoms. The minimum Gasteiger partial charge on any atom is -0.297 e. The van der Waals surface area contributed by atoms with Crippen LogP contribution in [0.2, 0.25) is 0 Å². The molecular formula is C18H19F3N4O. The largest absolute Gasteiger partial charge is 0.471 e. The Balaban J connectivity index is 1.79. The third kappa shape index (κ3) is 4.36. The first-order valence-corrected chi connectivity index (χ1v) is 8.54. The van der Waals surface area contributed by atoms with Crippen LogP contribution in [0.4, 0.5) is 18.9 Å². The predicted octanol–water partition coefficient (Wildman–Crippen LogP) is 4.01. The van der Waals surface area contributed by atoms with Crippen molar-refractivity contribution in [2.45, 2.75) is 50.7 Å². The van der Waals surface area contributed by atoms with Crippen LogP contribution >= 0.6 is 0 Å². The molecule has 0 aliphatic heterocycles. The zero-order valence-corrected chi connectivity index (χ0v) is 14.1. The van der Waals surface area contributed by atoms with Crippen molar-refractivity contribution in [3.05, 3.63) is 48.3 Å². The smallest absolute Gasteiger partial charge is 0.297 e. The minimum atomic E-state index is -4.98. The van der Waals surface area contributed by atoms with Crippen LogP contribution in [0, 0.1) is 0 Å². The van der Waals surface area contributed by atoms with E-state index in [1.807, 2.05) is 0 Å². The van der Waals surface area contributed by atoms with Gasteiger partial charge in [0.2, 0.25) is 0 Å². The lowest BCUT2D eigenvalue weighted by molar-refractivity contribution is -0.170. The van der Waals surface area contributed by atoms with Gasteiger partial charge in [-0.2, -0.15) is 13.2 Å². The molecule has 2 aromatic rings. The van der Waals surface area contributed by atoms with Gasteiger partial charge in [-0.15, -0.1) is 0 Å². The number of alkyl halides is 3. The third-order valence-corrected chi connectivity index (χ3v) is 4.51. The molecule has 0 aromatic carbocycles. The number of halogens is 3. The molecule has 1 aliphatic rings. The first-order valence-electron chi connectivity index (χ1n) is 8.54. The predicted molar refractivity (Wildman–Crippen MR) is 89.3 cm³/mol. The molecule has 5 nitrogen and oxygen atoms in total. The number of rotatable bonds is 4. The van der Waals surface area contributed by atoms with Crippen LogP contribution in [-0.4, -0.2) is 27.0 Å². The fourth-order valence-corrected chi connectivity index (χ4v) is 3.16. The van der Waals surface area contributed by atoms with Gasteiger partial charge >= 0.3 is 12.1 Å². The normalized spacial score (nSPS) is 15.7. The molecule has 2 heterocycles. The number of aromatic nitrogens is 3. The van der Waals surface area contributed by atoms with E-state index < -0.39 is 12.1 Å². The highest BCUT2D eigenvalue weighted by atomic mass is 19.4. The highest BCUT2D eigenvalue weighted by Gasteiger charge is 2.43. The van der Waals surface area contributed by atoms with E-state index in [0.29, 0.717) is 16.5 Å². The second-order valence-corrected chi connectivity index (χ2v) is 6.37. The lowest BCUT2D eigenvalue weighted by atomic mass is 9.87. The Kier molecular flexibility index (Phi) is 5.49. The van der Waals surface area contributed by atoms with E-state index in [1.54, 1.807) is 6.20 Å². The summed E-state index contributed by atoms with van der Waals surface area (Å²) in [5.74, 6) is -1.60. The van der Waals surface area contributed by atoms with Gasteiger partial charge in [0.1, 0.15) is 0 Å². The SMILES string of the molecule is O=C(N(Cc1cnc(C2CCCCC2)cn1)c1cccnc1)C(F)(F)F. The fourth-order valence-electron chi connectivity index (χ4n) is 3.16. The maximum Gasteiger partial charge on any atom is 0.471 e. The van der Waals surface area contributed by atoms with Crippen LogP contribution in [0.3, 0.4) is 0 Å². The van der Waals surface area contributed by atoms with Crippen LogP contribution in [0.25, 0.3) is 0 Å². The van der Waals surface area contributed by atoms with Gasteiger partial charge in [0.25, 0.3) is 0 Å². The van der Waals surface area contributed by atoms with Crippen molar-refractivity contribution in [1.29, 1.82) is 0 Å². The Bertz CT molecular complexity index is 728. The number of hydrogen-bond acceptors (Lipinski definition) is 4. The van der Waals surface area contributed by atoms with Crippen LogP contribution in [-0.2, 0) is 11.3 Å². The second kappa shape index (κ2) is 7.80. The molecule has 1 amide bonds.